The van der Waals surface area contributed by atoms with Crippen LogP contribution in [0.2, 0.25) is 0 Å². The average molecular weight is 282 g/mol. The van der Waals surface area contributed by atoms with Crippen molar-refractivity contribution in [3.8, 4) is 5.75 Å². The Morgan fingerprint density at radius 2 is 1.81 bits per heavy atom. The van der Waals surface area contributed by atoms with E-state index in [1.54, 1.807) is 6.07 Å². The number of hydrogen-bond donors (Lipinski definition) is 2. The van der Waals surface area contributed by atoms with Crippen LogP contribution in [0.15, 0.2) is 42.5 Å². The SMILES string of the molecule is CNCCCN1c2ccccc2CCc2cc(O)ccc21. The van der Waals surface area contributed by atoms with E-state index in [2.05, 4.69) is 34.5 Å². The Hall–Kier alpha value is -2.00. The molecule has 0 aromatic heterocycles. The number of fused-ring (bicyclic) bond motifs is 2. The summed E-state index contributed by atoms with van der Waals surface area (Å²) in [5, 5.41) is 13.0. The molecule has 1 aliphatic heterocycles. The van der Waals surface area contributed by atoms with Gasteiger partial charge >= 0.3 is 0 Å². The van der Waals surface area contributed by atoms with E-state index in [4.69, 9.17) is 0 Å². The summed E-state index contributed by atoms with van der Waals surface area (Å²) in [5.41, 5.74) is 5.15. The van der Waals surface area contributed by atoms with Gasteiger partial charge in [0.25, 0.3) is 0 Å². The molecule has 2 N–H and O–H groups in total. The summed E-state index contributed by atoms with van der Waals surface area (Å²) < 4.78 is 0. The molecule has 0 bridgehead atoms. The zero-order valence-corrected chi connectivity index (χ0v) is 12.5. The van der Waals surface area contributed by atoms with Crippen LogP contribution >= 0.6 is 0 Å². The molecule has 2 aromatic carbocycles. The number of nitrogens with one attached hydrogen (secondary N) is 1. The van der Waals surface area contributed by atoms with Gasteiger partial charge in [0.1, 0.15) is 5.75 Å². The van der Waals surface area contributed by atoms with Crippen LogP contribution in [0.3, 0.4) is 0 Å². The van der Waals surface area contributed by atoms with E-state index in [-0.39, 0.29) is 0 Å². The minimum Gasteiger partial charge on any atom is -0.508 e. The largest absolute Gasteiger partial charge is 0.508 e. The van der Waals surface area contributed by atoms with Crippen molar-refractivity contribution in [2.24, 2.45) is 0 Å². The first-order valence-corrected chi connectivity index (χ1v) is 7.61. The summed E-state index contributed by atoms with van der Waals surface area (Å²) >= 11 is 0. The maximum atomic E-state index is 9.77. The quantitative estimate of drug-likeness (QED) is 0.845. The van der Waals surface area contributed by atoms with Crippen LogP contribution < -0.4 is 10.2 Å². The summed E-state index contributed by atoms with van der Waals surface area (Å²) in [6, 6.07) is 14.4. The lowest BCUT2D eigenvalue weighted by Gasteiger charge is -2.27. The highest BCUT2D eigenvalue weighted by Gasteiger charge is 2.20. The van der Waals surface area contributed by atoms with Gasteiger partial charge in [0.15, 0.2) is 0 Å². The van der Waals surface area contributed by atoms with E-state index in [9.17, 15) is 5.11 Å². The zero-order valence-electron chi connectivity index (χ0n) is 12.5. The second-order valence-corrected chi connectivity index (χ2v) is 5.55. The van der Waals surface area contributed by atoms with E-state index in [1.807, 2.05) is 19.2 Å². The fourth-order valence-electron chi connectivity index (χ4n) is 3.07. The second-order valence-electron chi connectivity index (χ2n) is 5.55. The van der Waals surface area contributed by atoms with Gasteiger partial charge in [-0.3, -0.25) is 0 Å². The van der Waals surface area contributed by atoms with Crippen molar-refractivity contribution in [1.29, 1.82) is 0 Å². The molecular formula is C18H22N2O. The van der Waals surface area contributed by atoms with Crippen molar-refractivity contribution in [2.45, 2.75) is 19.3 Å². The lowest BCUT2D eigenvalue weighted by molar-refractivity contribution is 0.474. The predicted octanol–water partition coefficient (Wildman–Crippen LogP) is 3.24. The van der Waals surface area contributed by atoms with Gasteiger partial charge in [-0.15, -0.1) is 0 Å². The molecule has 0 saturated heterocycles. The fourth-order valence-corrected chi connectivity index (χ4v) is 3.07. The van der Waals surface area contributed by atoms with Crippen LogP contribution in [-0.2, 0) is 12.8 Å². The molecule has 2 aromatic rings. The third kappa shape index (κ3) is 2.88. The number of anilines is 2. The predicted molar refractivity (Wildman–Crippen MR) is 87.5 cm³/mol. The minimum absolute atomic E-state index is 0.356. The maximum Gasteiger partial charge on any atom is 0.116 e. The molecular weight excluding hydrogens is 260 g/mol. The van der Waals surface area contributed by atoms with Gasteiger partial charge in [-0.2, -0.15) is 0 Å². The van der Waals surface area contributed by atoms with Gasteiger partial charge in [-0.1, -0.05) is 18.2 Å². The van der Waals surface area contributed by atoms with Crippen molar-refractivity contribution in [3.05, 3.63) is 53.6 Å². The van der Waals surface area contributed by atoms with Gasteiger partial charge in [0.2, 0.25) is 0 Å². The first-order chi connectivity index (χ1) is 10.3. The van der Waals surface area contributed by atoms with E-state index >= 15 is 0 Å². The second kappa shape index (κ2) is 6.19. The number of hydrogen-bond acceptors (Lipinski definition) is 3. The van der Waals surface area contributed by atoms with Crippen LogP contribution in [-0.4, -0.2) is 25.2 Å². The zero-order chi connectivity index (χ0) is 14.7. The Morgan fingerprint density at radius 1 is 1.05 bits per heavy atom. The highest BCUT2D eigenvalue weighted by Crippen LogP contribution is 2.37. The number of phenolic OH excluding ortho intramolecular Hbond substituents is 1. The van der Waals surface area contributed by atoms with Gasteiger partial charge in [-0.05, 0) is 68.2 Å². The van der Waals surface area contributed by atoms with E-state index in [1.165, 1.54) is 22.5 Å². The molecule has 110 valence electrons. The number of nitrogens with zero attached hydrogens (tertiary/aromatic N) is 1. The molecule has 0 aliphatic carbocycles. The number of phenols is 1. The van der Waals surface area contributed by atoms with Gasteiger partial charge in [0.05, 0.1) is 0 Å². The Balaban J connectivity index is 2.02. The van der Waals surface area contributed by atoms with E-state index < -0.39 is 0 Å². The molecule has 0 amide bonds. The molecule has 21 heavy (non-hydrogen) atoms. The Labute approximate surface area is 126 Å². The lowest BCUT2D eigenvalue weighted by Crippen LogP contribution is -2.23. The molecule has 0 radical (unpaired) electrons. The first-order valence-electron chi connectivity index (χ1n) is 7.61. The summed E-state index contributed by atoms with van der Waals surface area (Å²) in [6.07, 6.45) is 3.09. The third-order valence-corrected chi connectivity index (χ3v) is 4.11. The summed E-state index contributed by atoms with van der Waals surface area (Å²) in [4.78, 5) is 2.40. The van der Waals surface area contributed by atoms with Crippen molar-refractivity contribution in [2.75, 3.05) is 25.0 Å². The van der Waals surface area contributed by atoms with Crippen molar-refractivity contribution >= 4 is 11.4 Å². The third-order valence-electron chi connectivity index (χ3n) is 4.11. The Bertz CT molecular complexity index is 624. The smallest absolute Gasteiger partial charge is 0.116 e. The summed E-state index contributed by atoms with van der Waals surface area (Å²) in [7, 11) is 1.99. The van der Waals surface area contributed by atoms with Crippen LogP contribution in [0.4, 0.5) is 11.4 Å². The van der Waals surface area contributed by atoms with Crippen LogP contribution in [0.1, 0.15) is 17.5 Å². The molecule has 0 saturated carbocycles. The lowest BCUT2D eigenvalue weighted by atomic mass is 10.0. The number of rotatable bonds is 4. The summed E-state index contributed by atoms with van der Waals surface area (Å²) in [5.74, 6) is 0.356. The fraction of sp³-hybridized carbons (Fsp3) is 0.333. The Morgan fingerprint density at radius 3 is 2.67 bits per heavy atom. The molecule has 0 unspecified atom stereocenters. The molecule has 3 nitrogen and oxygen atoms in total. The molecule has 1 heterocycles. The first kappa shape index (κ1) is 14.0. The molecule has 0 atom stereocenters. The number of benzene rings is 2. The van der Waals surface area contributed by atoms with Crippen LogP contribution in [0.5, 0.6) is 5.75 Å². The number of aryl methyl sites for hydroxylation is 2. The average Bonchev–Trinajstić information content (AvgIpc) is 2.65. The van der Waals surface area contributed by atoms with Crippen LogP contribution in [0.25, 0.3) is 0 Å². The highest BCUT2D eigenvalue weighted by atomic mass is 16.3. The molecule has 0 spiro atoms. The molecule has 0 fully saturated rings. The van der Waals surface area contributed by atoms with Gasteiger partial charge < -0.3 is 15.3 Å². The maximum absolute atomic E-state index is 9.77. The van der Waals surface area contributed by atoms with Gasteiger partial charge in [0, 0.05) is 17.9 Å². The van der Waals surface area contributed by atoms with Crippen molar-refractivity contribution in [1.82, 2.24) is 5.32 Å². The van der Waals surface area contributed by atoms with Crippen molar-refractivity contribution < 1.29 is 5.11 Å². The number of para-hydroxylation sites is 1. The highest BCUT2D eigenvalue weighted by molar-refractivity contribution is 5.71. The summed E-state index contributed by atoms with van der Waals surface area (Å²) in [6.45, 7) is 1.99. The van der Waals surface area contributed by atoms with Crippen molar-refractivity contribution in [3.63, 3.8) is 0 Å². The minimum atomic E-state index is 0.356. The van der Waals surface area contributed by atoms with E-state index in [0.717, 1.165) is 32.4 Å². The standard InChI is InChI=1S/C18H22N2O/c1-19-11-4-12-20-17-6-3-2-5-14(17)7-8-15-13-16(21)9-10-18(15)20/h2-3,5-6,9-10,13,19,21H,4,7-8,11-12H2,1H3. The normalized spacial score (nSPS) is 13.5. The monoisotopic (exact) mass is 282 g/mol. The molecule has 3 rings (SSSR count). The molecule has 3 heteroatoms. The number of aromatic hydroxyl groups is 1. The molecule has 1 aliphatic rings. The Kier molecular flexibility index (Phi) is 4.11. The van der Waals surface area contributed by atoms with Gasteiger partial charge in [-0.25, -0.2) is 0 Å². The topological polar surface area (TPSA) is 35.5 Å². The van der Waals surface area contributed by atoms with Crippen LogP contribution in [0, 0.1) is 0 Å². The van der Waals surface area contributed by atoms with E-state index in [0.29, 0.717) is 5.75 Å².